The zero-order valence-corrected chi connectivity index (χ0v) is 14.2. The minimum atomic E-state index is -0.190. The van der Waals surface area contributed by atoms with E-state index in [1.807, 2.05) is 43.0 Å². The number of carbonyl (C=O) groups is 1. The summed E-state index contributed by atoms with van der Waals surface area (Å²) >= 11 is 1.89. The van der Waals surface area contributed by atoms with Crippen molar-refractivity contribution in [2.75, 3.05) is 5.75 Å². The standard InChI is InChI=1S/C19H24O2S/c1-3-5-6-9-14-22-18-13-12-17(21-19(20)4-2)15-10-7-8-11-16(15)18/h7-8,10-13H,3-6,9,14H2,1-2H3. The van der Waals surface area contributed by atoms with E-state index in [9.17, 15) is 4.79 Å². The Morgan fingerprint density at radius 1 is 1.00 bits per heavy atom. The molecule has 2 aromatic carbocycles. The predicted octanol–water partition coefficient (Wildman–Crippen LogP) is 5.83. The SMILES string of the molecule is CCCCCCSc1ccc(OC(=O)CC)c2ccccc12. The van der Waals surface area contributed by atoms with Crippen molar-refractivity contribution < 1.29 is 9.53 Å². The van der Waals surface area contributed by atoms with E-state index < -0.39 is 0 Å². The lowest BCUT2D eigenvalue weighted by atomic mass is 10.1. The normalized spacial score (nSPS) is 10.8. The maximum absolute atomic E-state index is 11.6. The molecule has 0 aromatic heterocycles. The molecule has 0 N–H and O–H groups in total. The summed E-state index contributed by atoms with van der Waals surface area (Å²) < 4.78 is 5.44. The first-order valence-corrected chi connectivity index (χ1v) is 9.10. The highest BCUT2D eigenvalue weighted by molar-refractivity contribution is 7.99. The van der Waals surface area contributed by atoms with Crippen molar-refractivity contribution >= 4 is 28.5 Å². The van der Waals surface area contributed by atoms with Crippen LogP contribution < -0.4 is 4.74 Å². The number of thioether (sulfide) groups is 1. The average molecular weight is 316 g/mol. The van der Waals surface area contributed by atoms with Crippen molar-refractivity contribution in [2.24, 2.45) is 0 Å². The Morgan fingerprint density at radius 3 is 2.50 bits per heavy atom. The van der Waals surface area contributed by atoms with E-state index in [0.29, 0.717) is 12.2 Å². The van der Waals surface area contributed by atoms with E-state index in [-0.39, 0.29) is 5.97 Å². The molecule has 0 aliphatic carbocycles. The van der Waals surface area contributed by atoms with Gasteiger partial charge in [-0.05, 0) is 29.7 Å². The molecule has 0 bridgehead atoms. The third-order valence-corrected chi connectivity index (χ3v) is 4.77. The summed E-state index contributed by atoms with van der Waals surface area (Å²) in [7, 11) is 0. The number of hydrogen-bond acceptors (Lipinski definition) is 3. The molecule has 2 aromatic rings. The topological polar surface area (TPSA) is 26.3 Å². The molecule has 0 radical (unpaired) electrons. The number of hydrogen-bond donors (Lipinski definition) is 0. The van der Waals surface area contributed by atoms with Gasteiger partial charge in [0, 0.05) is 16.7 Å². The molecule has 0 heterocycles. The van der Waals surface area contributed by atoms with Crippen molar-refractivity contribution in [2.45, 2.75) is 50.8 Å². The van der Waals surface area contributed by atoms with E-state index in [1.54, 1.807) is 0 Å². The molecule has 22 heavy (non-hydrogen) atoms. The number of fused-ring (bicyclic) bond motifs is 1. The van der Waals surface area contributed by atoms with Crippen LogP contribution in [0.3, 0.4) is 0 Å². The second-order valence-electron chi connectivity index (χ2n) is 5.34. The fourth-order valence-corrected chi connectivity index (χ4v) is 3.43. The Bertz CT molecular complexity index is 622. The highest BCUT2D eigenvalue weighted by Gasteiger charge is 2.09. The smallest absolute Gasteiger partial charge is 0.310 e. The highest BCUT2D eigenvalue weighted by Crippen LogP contribution is 2.34. The lowest BCUT2D eigenvalue weighted by Gasteiger charge is -2.11. The lowest BCUT2D eigenvalue weighted by molar-refractivity contribution is -0.133. The second-order valence-corrected chi connectivity index (χ2v) is 6.48. The van der Waals surface area contributed by atoms with Gasteiger partial charge in [-0.15, -0.1) is 11.8 Å². The Hall–Kier alpha value is -1.48. The average Bonchev–Trinajstić information content (AvgIpc) is 2.56. The van der Waals surface area contributed by atoms with Crippen LogP contribution in [-0.2, 0) is 4.79 Å². The van der Waals surface area contributed by atoms with Gasteiger partial charge in [0.1, 0.15) is 5.75 Å². The Morgan fingerprint density at radius 2 is 1.77 bits per heavy atom. The van der Waals surface area contributed by atoms with Crippen molar-refractivity contribution in [1.29, 1.82) is 0 Å². The minimum Gasteiger partial charge on any atom is -0.426 e. The molecule has 0 saturated heterocycles. The molecule has 0 aliphatic heterocycles. The van der Waals surface area contributed by atoms with Crippen LogP contribution in [0.1, 0.15) is 46.0 Å². The van der Waals surface area contributed by atoms with Gasteiger partial charge in [0.15, 0.2) is 0 Å². The Kier molecular flexibility index (Phi) is 6.78. The van der Waals surface area contributed by atoms with Gasteiger partial charge in [0.05, 0.1) is 0 Å². The van der Waals surface area contributed by atoms with E-state index in [1.165, 1.54) is 36.0 Å². The van der Waals surface area contributed by atoms with Crippen LogP contribution in [0.5, 0.6) is 5.75 Å². The molecule has 3 heteroatoms. The van der Waals surface area contributed by atoms with Crippen LogP contribution in [0.2, 0.25) is 0 Å². The van der Waals surface area contributed by atoms with Gasteiger partial charge in [-0.2, -0.15) is 0 Å². The van der Waals surface area contributed by atoms with Gasteiger partial charge in [-0.25, -0.2) is 0 Å². The van der Waals surface area contributed by atoms with Crippen LogP contribution in [0.15, 0.2) is 41.3 Å². The van der Waals surface area contributed by atoms with E-state index in [2.05, 4.69) is 19.1 Å². The summed E-state index contributed by atoms with van der Waals surface area (Å²) in [6, 6.07) is 12.1. The summed E-state index contributed by atoms with van der Waals surface area (Å²) in [6.45, 7) is 4.04. The monoisotopic (exact) mass is 316 g/mol. The van der Waals surface area contributed by atoms with Crippen LogP contribution in [0.4, 0.5) is 0 Å². The third-order valence-electron chi connectivity index (χ3n) is 3.61. The maximum atomic E-state index is 11.6. The quantitative estimate of drug-likeness (QED) is 0.265. The number of benzene rings is 2. The van der Waals surface area contributed by atoms with Crippen LogP contribution in [0, 0.1) is 0 Å². The molecule has 118 valence electrons. The molecule has 0 unspecified atom stereocenters. The molecular formula is C19H24O2S. The van der Waals surface area contributed by atoms with E-state index >= 15 is 0 Å². The number of carbonyl (C=O) groups excluding carboxylic acids is 1. The van der Waals surface area contributed by atoms with Crippen LogP contribution >= 0.6 is 11.8 Å². The van der Waals surface area contributed by atoms with Crippen molar-refractivity contribution in [3.63, 3.8) is 0 Å². The summed E-state index contributed by atoms with van der Waals surface area (Å²) in [5.41, 5.74) is 0. The second kappa shape index (κ2) is 8.84. The zero-order valence-electron chi connectivity index (χ0n) is 13.4. The van der Waals surface area contributed by atoms with Crippen molar-refractivity contribution in [3.8, 4) is 5.75 Å². The number of rotatable bonds is 8. The summed E-state index contributed by atoms with van der Waals surface area (Å²) in [4.78, 5) is 12.8. The van der Waals surface area contributed by atoms with Gasteiger partial charge >= 0.3 is 5.97 Å². The molecule has 0 aliphatic rings. The summed E-state index contributed by atoms with van der Waals surface area (Å²) in [6.07, 6.45) is 5.52. The van der Waals surface area contributed by atoms with E-state index in [4.69, 9.17) is 4.74 Å². The molecule has 0 amide bonds. The summed E-state index contributed by atoms with van der Waals surface area (Å²) in [5, 5.41) is 2.19. The van der Waals surface area contributed by atoms with Gasteiger partial charge in [0.25, 0.3) is 0 Å². The third kappa shape index (κ3) is 4.51. The highest BCUT2D eigenvalue weighted by atomic mass is 32.2. The predicted molar refractivity (Wildman–Crippen MR) is 94.7 cm³/mol. The Labute approximate surface area is 137 Å². The lowest BCUT2D eigenvalue weighted by Crippen LogP contribution is -2.05. The maximum Gasteiger partial charge on any atom is 0.310 e. The number of esters is 1. The molecular weight excluding hydrogens is 292 g/mol. The largest absolute Gasteiger partial charge is 0.426 e. The first-order chi connectivity index (χ1) is 10.8. The van der Waals surface area contributed by atoms with Gasteiger partial charge in [0.2, 0.25) is 0 Å². The van der Waals surface area contributed by atoms with Gasteiger partial charge < -0.3 is 4.74 Å². The van der Waals surface area contributed by atoms with Gasteiger partial charge in [-0.3, -0.25) is 4.79 Å². The number of ether oxygens (including phenoxy) is 1. The molecule has 0 saturated carbocycles. The Balaban J connectivity index is 2.15. The molecule has 0 fully saturated rings. The number of unbranched alkanes of at least 4 members (excludes halogenated alkanes) is 3. The van der Waals surface area contributed by atoms with Crippen molar-refractivity contribution in [3.05, 3.63) is 36.4 Å². The first-order valence-electron chi connectivity index (χ1n) is 8.11. The summed E-state index contributed by atoms with van der Waals surface area (Å²) in [5.74, 6) is 1.61. The van der Waals surface area contributed by atoms with Gasteiger partial charge in [-0.1, -0.05) is 57.4 Å². The van der Waals surface area contributed by atoms with Crippen molar-refractivity contribution in [1.82, 2.24) is 0 Å². The molecule has 0 spiro atoms. The molecule has 2 rings (SSSR count). The fourth-order valence-electron chi connectivity index (χ4n) is 2.36. The molecule has 2 nitrogen and oxygen atoms in total. The van der Waals surface area contributed by atoms with Crippen LogP contribution in [-0.4, -0.2) is 11.7 Å². The minimum absolute atomic E-state index is 0.190. The first kappa shape index (κ1) is 16.9. The van der Waals surface area contributed by atoms with Crippen LogP contribution in [0.25, 0.3) is 10.8 Å². The van der Waals surface area contributed by atoms with E-state index in [0.717, 1.165) is 11.1 Å². The fraction of sp³-hybridized carbons (Fsp3) is 0.421. The zero-order chi connectivity index (χ0) is 15.8. The molecule has 0 atom stereocenters.